The van der Waals surface area contributed by atoms with Gasteiger partial charge in [0.2, 0.25) is 0 Å². The molecule has 0 radical (unpaired) electrons. The fraction of sp³-hybridized carbons (Fsp3) is 0.633. The summed E-state index contributed by atoms with van der Waals surface area (Å²) in [5.41, 5.74) is 2.78. The molecule has 2 saturated carbocycles. The van der Waals surface area contributed by atoms with E-state index in [1.165, 1.54) is 0 Å². The lowest BCUT2D eigenvalue weighted by Crippen LogP contribution is -2.40. The van der Waals surface area contributed by atoms with Gasteiger partial charge in [0.05, 0.1) is 45.2 Å². The van der Waals surface area contributed by atoms with Crippen LogP contribution in [0.4, 0.5) is 5.69 Å². The van der Waals surface area contributed by atoms with Gasteiger partial charge in [-0.2, -0.15) is 5.26 Å². The molecule has 2 aliphatic heterocycles. The number of nitrogens with zero attached hydrogens (tertiary/aromatic N) is 3. The summed E-state index contributed by atoms with van der Waals surface area (Å²) in [6.07, 6.45) is 8.15. The van der Waals surface area contributed by atoms with E-state index in [2.05, 4.69) is 35.2 Å². The van der Waals surface area contributed by atoms with Gasteiger partial charge in [0, 0.05) is 49.6 Å². The van der Waals surface area contributed by atoms with E-state index in [1.807, 2.05) is 0 Å². The molecule has 39 heavy (non-hydrogen) atoms. The standard InChI is InChI=1S/C30H37N3O4S2/c31-20-30(11-12-30)18-26(34)24-5-1-2-6-25(24)27-28(38-29(32-27)22-4-3-15-37-19-22)21-7-9-23(10-8-21)33-13-16-39(35,36)17-14-33/h7-10,22,24-25H,1-6,11-19H2/t22?,24-,25-/m1/s1. The van der Waals surface area contributed by atoms with Gasteiger partial charge in [-0.3, -0.25) is 4.79 Å². The average molecular weight is 568 g/mol. The SMILES string of the molecule is N#CC1(CC(=O)[C@@H]2CCCC[C@H]2c2nc(C3CCCOC3)sc2-c2ccc(N3CCS(=O)(=O)CC3)cc2)CC1. The monoisotopic (exact) mass is 567 g/mol. The third-order valence-electron chi connectivity index (χ3n) is 9.15. The van der Waals surface area contributed by atoms with Gasteiger partial charge in [-0.25, -0.2) is 13.4 Å². The summed E-state index contributed by atoms with van der Waals surface area (Å²) in [4.78, 5) is 22.1. The van der Waals surface area contributed by atoms with Gasteiger partial charge >= 0.3 is 0 Å². The van der Waals surface area contributed by atoms with Crippen molar-refractivity contribution in [3.05, 3.63) is 35.0 Å². The Balaban J connectivity index is 1.31. The number of carbonyl (C=O) groups excluding carboxylic acids is 1. The number of rotatable bonds is 7. The lowest BCUT2D eigenvalue weighted by Gasteiger charge is -2.31. The highest BCUT2D eigenvalue weighted by Gasteiger charge is 2.47. The zero-order valence-electron chi connectivity index (χ0n) is 22.4. The number of ketones is 1. The van der Waals surface area contributed by atoms with Crippen molar-refractivity contribution in [3.63, 3.8) is 0 Å². The van der Waals surface area contributed by atoms with Crippen molar-refractivity contribution >= 4 is 32.6 Å². The fourth-order valence-corrected chi connectivity index (χ4v) is 8.96. The molecule has 0 amide bonds. The second kappa shape index (κ2) is 10.9. The molecule has 1 aromatic heterocycles. The molecule has 0 spiro atoms. The molecule has 1 unspecified atom stereocenters. The van der Waals surface area contributed by atoms with Gasteiger partial charge in [0.25, 0.3) is 0 Å². The van der Waals surface area contributed by atoms with Gasteiger partial charge in [-0.15, -0.1) is 11.3 Å². The number of hydrogen-bond acceptors (Lipinski definition) is 8. The number of carbonyl (C=O) groups is 1. The van der Waals surface area contributed by atoms with Gasteiger partial charge < -0.3 is 9.64 Å². The molecular formula is C30H37N3O4S2. The summed E-state index contributed by atoms with van der Waals surface area (Å²) in [6, 6.07) is 10.9. The minimum Gasteiger partial charge on any atom is -0.381 e. The number of Topliss-reactive ketones (excluding diaryl/α,β-unsaturated/α-hetero) is 1. The zero-order chi connectivity index (χ0) is 27.0. The molecule has 3 heterocycles. The molecule has 4 fully saturated rings. The first-order chi connectivity index (χ1) is 18.9. The Labute approximate surface area is 235 Å². The molecule has 4 aliphatic rings. The summed E-state index contributed by atoms with van der Waals surface area (Å²) < 4.78 is 29.6. The van der Waals surface area contributed by atoms with Crippen LogP contribution in [0.2, 0.25) is 0 Å². The Kier molecular flexibility index (Phi) is 7.55. The van der Waals surface area contributed by atoms with Crippen LogP contribution < -0.4 is 4.90 Å². The van der Waals surface area contributed by atoms with Crippen molar-refractivity contribution in [2.45, 2.75) is 69.6 Å². The second-order valence-corrected chi connectivity index (χ2v) is 15.2. The number of benzene rings is 1. The topological polar surface area (TPSA) is 100 Å². The van der Waals surface area contributed by atoms with E-state index >= 15 is 0 Å². The molecule has 6 rings (SSSR count). The third-order valence-corrected chi connectivity index (χ3v) is 12.0. The molecule has 3 atom stereocenters. The van der Waals surface area contributed by atoms with Crippen LogP contribution in [0.25, 0.3) is 10.4 Å². The van der Waals surface area contributed by atoms with E-state index in [0.717, 1.165) is 84.8 Å². The first kappa shape index (κ1) is 26.9. The molecule has 9 heteroatoms. The van der Waals surface area contributed by atoms with Crippen LogP contribution in [-0.4, -0.2) is 57.0 Å². The van der Waals surface area contributed by atoms with Crippen molar-refractivity contribution in [2.75, 3.05) is 42.7 Å². The maximum Gasteiger partial charge on any atom is 0.153 e. The molecule has 0 N–H and O–H groups in total. The number of nitriles is 1. The molecule has 2 saturated heterocycles. The molecule has 1 aromatic carbocycles. The number of ether oxygens (including phenoxy) is 1. The van der Waals surface area contributed by atoms with Crippen LogP contribution in [0.15, 0.2) is 24.3 Å². The summed E-state index contributed by atoms with van der Waals surface area (Å²) in [7, 11) is -2.93. The van der Waals surface area contributed by atoms with Crippen LogP contribution in [0, 0.1) is 22.7 Å². The Morgan fingerprint density at radius 2 is 1.85 bits per heavy atom. The molecule has 208 valence electrons. The Bertz CT molecular complexity index is 1340. The van der Waals surface area contributed by atoms with Crippen molar-refractivity contribution in [3.8, 4) is 16.5 Å². The van der Waals surface area contributed by atoms with Crippen LogP contribution in [0.5, 0.6) is 0 Å². The molecule has 2 aromatic rings. The Morgan fingerprint density at radius 1 is 1.10 bits per heavy atom. The number of anilines is 1. The van der Waals surface area contributed by atoms with Crippen molar-refractivity contribution in [1.29, 1.82) is 5.26 Å². The lowest BCUT2D eigenvalue weighted by atomic mass is 9.73. The van der Waals surface area contributed by atoms with Crippen LogP contribution in [0.3, 0.4) is 0 Å². The highest BCUT2D eigenvalue weighted by molar-refractivity contribution is 7.91. The minimum absolute atomic E-state index is 0.0737. The van der Waals surface area contributed by atoms with Crippen LogP contribution >= 0.6 is 11.3 Å². The van der Waals surface area contributed by atoms with E-state index < -0.39 is 15.3 Å². The molecular weight excluding hydrogens is 530 g/mol. The van der Waals surface area contributed by atoms with Gasteiger partial charge in [-0.1, -0.05) is 25.0 Å². The predicted molar refractivity (Wildman–Crippen MR) is 153 cm³/mol. The first-order valence-electron chi connectivity index (χ1n) is 14.4. The normalized spacial score (nSPS) is 28.0. The van der Waals surface area contributed by atoms with Crippen LogP contribution in [-0.2, 0) is 19.4 Å². The first-order valence-corrected chi connectivity index (χ1v) is 17.1. The Hall–Kier alpha value is -2.28. The summed E-state index contributed by atoms with van der Waals surface area (Å²) >= 11 is 1.75. The maximum atomic E-state index is 13.6. The number of sulfone groups is 1. The minimum atomic E-state index is -2.93. The van der Waals surface area contributed by atoms with E-state index in [0.29, 0.717) is 26.1 Å². The fourth-order valence-electron chi connectivity index (χ4n) is 6.50. The highest BCUT2D eigenvalue weighted by atomic mass is 32.2. The molecule has 7 nitrogen and oxygen atoms in total. The summed E-state index contributed by atoms with van der Waals surface area (Å²) in [5, 5.41) is 10.7. The van der Waals surface area contributed by atoms with Crippen molar-refractivity contribution < 1.29 is 17.9 Å². The average Bonchev–Trinajstić information content (AvgIpc) is 3.60. The highest BCUT2D eigenvalue weighted by Crippen LogP contribution is 2.51. The predicted octanol–water partition coefficient (Wildman–Crippen LogP) is 5.48. The number of thiazole rings is 1. The quantitative estimate of drug-likeness (QED) is 0.437. The summed E-state index contributed by atoms with van der Waals surface area (Å²) in [5.74, 6) is 0.940. The third kappa shape index (κ3) is 5.79. The zero-order valence-corrected chi connectivity index (χ0v) is 24.1. The lowest BCUT2D eigenvalue weighted by molar-refractivity contribution is -0.125. The van der Waals surface area contributed by atoms with E-state index in [9.17, 15) is 18.5 Å². The van der Waals surface area contributed by atoms with Gasteiger partial charge in [-0.05, 0) is 56.2 Å². The number of hydrogen-bond donors (Lipinski definition) is 0. The van der Waals surface area contributed by atoms with Crippen molar-refractivity contribution in [1.82, 2.24) is 4.98 Å². The Morgan fingerprint density at radius 3 is 2.51 bits per heavy atom. The van der Waals surface area contributed by atoms with E-state index in [-0.39, 0.29) is 35.0 Å². The van der Waals surface area contributed by atoms with Gasteiger partial charge in [0.1, 0.15) is 5.78 Å². The molecule has 2 aliphatic carbocycles. The maximum absolute atomic E-state index is 13.6. The van der Waals surface area contributed by atoms with E-state index in [4.69, 9.17) is 9.72 Å². The second-order valence-electron chi connectivity index (χ2n) is 11.9. The largest absolute Gasteiger partial charge is 0.381 e. The van der Waals surface area contributed by atoms with Gasteiger partial charge in [0.15, 0.2) is 9.84 Å². The van der Waals surface area contributed by atoms with Crippen molar-refractivity contribution in [2.24, 2.45) is 11.3 Å². The van der Waals surface area contributed by atoms with E-state index in [1.54, 1.807) is 11.3 Å². The summed E-state index contributed by atoms with van der Waals surface area (Å²) in [6.45, 7) is 2.55. The van der Waals surface area contributed by atoms with Crippen LogP contribution in [0.1, 0.15) is 80.3 Å². The smallest absolute Gasteiger partial charge is 0.153 e. The molecule has 0 bridgehead atoms. The number of aromatic nitrogens is 1.